The molecule has 0 saturated carbocycles. The summed E-state index contributed by atoms with van der Waals surface area (Å²) in [4.78, 5) is 19.8. The maximum Gasteiger partial charge on any atom is 0.247 e. The molecule has 36 heavy (non-hydrogen) atoms. The number of hydrogen-bond acceptors (Lipinski definition) is 8. The lowest BCUT2D eigenvalue weighted by Crippen LogP contribution is -2.37. The van der Waals surface area contributed by atoms with Gasteiger partial charge in [-0.1, -0.05) is 49.5 Å². The molecule has 1 aliphatic rings. The van der Waals surface area contributed by atoms with E-state index in [0.29, 0.717) is 70.0 Å². The molecule has 2 aromatic carbocycles. The fraction of sp³-hybridized carbons (Fsp3) is 0.308. The lowest BCUT2D eigenvalue weighted by atomic mass is 10.1. The highest BCUT2D eigenvalue weighted by atomic mass is 79.9. The number of carbonyl (C=O) groups excluding carboxylic acids is 1. The summed E-state index contributed by atoms with van der Waals surface area (Å²) in [5, 5.41) is 9.10. The first-order valence-corrected chi connectivity index (χ1v) is 13.6. The number of rotatable bonds is 9. The maximum absolute atomic E-state index is 13.6. The van der Waals surface area contributed by atoms with E-state index in [1.54, 1.807) is 11.0 Å². The van der Waals surface area contributed by atoms with Crippen LogP contribution < -0.4 is 19.1 Å². The van der Waals surface area contributed by atoms with E-state index in [1.807, 2.05) is 56.5 Å². The van der Waals surface area contributed by atoms with Crippen LogP contribution in [0.3, 0.4) is 0 Å². The highest BCUT2D eigenvalue weighted by Crippen LogP contribution is 2.46. The number of benzene rings is 2. The van der Waals surface area contributed by atoms with Gasteiger partial charge in [-0.3, -0.25) is 9.69 Å². The molecular weight excluding hydrogens is 544 g/mol. The minimum absolute atomic E-state index is 0.0816. The third-order valence-electron chi connectivity index (χ3n) is 5.39. The number of fused-ring (bicyclic) bond motifs is 3. The maximum atomic E-state index is 13.6. The van der Waals surface area contributed by atoms with E-state index in [9.17, 15) is 4.79 Å². The van der Waals surface area contributed by atoms with Crippen molar-refractivity contribution in [2.45, 2.75) is 38.1 Å². The van der Waals surface area contributed by atoms with Crippen LogP contribution in [0.1, 0.15) is 38.5 Å². The summed E-state index contributed by atoms with van der Waals surface area (Å²) in [6.07, 6.45) is 3.74. The number of aromatic nitrogens is 3. The molecule has 1 aromatic heterocycles. The van der Waals surface area contributed by atoms with Gasteiger partial charge in [-0.15, -0.1) is 10.2 Å². The molecule has 0 radical (unpaired) electrons. The number of halogens is 1. The topological polar surface area (TPSA) is 86.7 Å². The van der Waals surface area contributed by atoms with Gasteiger partial charge in [-0.05, 0) is 53.7 Å². The first kappa shape index (κ1) is 26.0. The summed E-state index contributed by atoms with van der Waals surface area (Å²) in [5.74, 6) is 1.30. The van der Waals surface area contributed by atoms with Crippen molar-refractivity contribution < 1.29 is 19.0 Å². The number of ether oxygens (including phenoxy) is 3. The molecule has 10 heteroatoms. The summed E-state index contributed by atoms with van der Waals surface area (Å²) in [6, 6.07) is 11.3. The quantitative estimate of drug-likeness (QED) is 0.221. The normalized spacial score (nSPS) is 14.2. The second kappa shape index (κ2) is 11.7. The van der Waals surface area contributed by atoms with E-state index in [-0.39, 0.29) is 5.91 Å². The molecule has 188 valence electrons. The van der Waals surface area contributed by atoms with E-state index >= 15 is 0 Å². The molecule has 0 N–H and O–H groups in total. The highest BCUT2D eigenvalue weighted by Gasteiger charge is 2.36. The van der Waals surface area contributed by atoms with Gasteiger partial charge < -0.3 is 14.2 Å². The predicted molar refractivity (Wildman–Crippen MR) is 144 cm³/mol. The van der Waals surface area contributed by atoms with Crippen LogP contribution >= 0.6 is 27.7 Å². The van der Waals surface area contributed by atoms with Gasteiger partial charge >= 0.3 is 0 Å². The Morgan fingerprint density at radius 2 is 2.06 bits per heavy atom. The van der Waals surface area contributed by atoms with Crippen molar-refractivity contribution in [3.05, 3.63) is 59.1 Å². The summed E-state index contributed by atoms with van der Waals surface area (Å²) >= 11 is 4.98. The lowest BCUT2D eigenvalue weighted by molar-refractivity contribution is -0.120. The fourth-order valence-corrected chi connectivity index (χ4v) is 4.77. The molecule has 0 saturated heterocycles. The fourth-order valence-electron chi connectivity index (χ4n) is 3.90. The van der Waals surface area contributed by atoms with Crippen LogP contribution in [-0.2, 0) is 4.79 Å². The van der Waals surface area contributed by atoms with Crippen molar-refractivity contribution in [3.63, 3.8) is 0 Å². The Labute approximate surface area is 223 Å². The van der Waals surface area contributed by atoms with Crippen LogP contribution in [0, 0.1) is 0 Å². The van der Waals surface area contributed by atoms with Gasteiger partial charge in [0.2, 0.25) is 23.2 Å². The van der Waals surface area contributed by atoms with Crippen LogP contribution in [-0.4, -0.2) is 40.6 Å². The van der Waals surface area contributed by atoms with Gasteiger partial charge in [0.1, 0.15) is 6.61 Å². The van der Waals surface area contributed by atoms with Gasteiger partial charge in [0.05, 0.1) is 16.8 Å². The second-order valence-corrected chi connectivity index (χ2v) is 9.44. The molecule has 0 unspecified atom stereocenters. The Kier molecular flexibility index (Phi) is 8.48. The summed E-state index contributed by atoms with van der Waals surface area (Å²) in [7, 11) is 0. The van der Waals surface area contributed by atoms with E-state index < -0.39 is 6.23 Å². The summed E-state index contributed by atoms with van der Waals surface area (Å²) in [5.41, 5.74) is 2.57. The van der Waals surface area contributed by atoms with Gasteiger partial charge in [0.15, 0.2) is 17.2 Å². The molecule has 1 amide bonds. The van der Waals surface area contributed by atoms with Crippen LogP contribution in [0.4, 0.5) is 5.69 Å². The summed E-state index contributed by atoms with van der Waals surface area (Å²) < 4.78 is 18.9. The number of nitrogens with zero attached hydrogens (tertiary/aromatic N) is 4. The van der Waals surface area contributed by atoms with Crippen molar-refractivity contribution in [2.24, 2.45) is 0 Å². The molecule has 0 fully saturated rings. The molecule has 8 nitrogen and oxygen atoms in total. The standard InChI is InChI=1S/C26H27BrN4O4S/c1-5-10-21(32)31-19-12-9-8-11-17(19)22-24(28-26(36-4)30-29-22)35-25(31)16-14-18(27)23(34-13-6-2)20(15-16)33-7-3/h6,8-9,11-12,14-15,25H,2,5,7,10,13H2,1,3-4H3/t25-/m0/s1. The molecule has 2 heterocycles. The third kappa shape index (κ3) is 5.19. The Morgan fingerprint density at radius 1 is 1.25 bits per heavy atom. The Balaban J connectivity index is 1.94. The second-order valence-electron chi connectivity index (χ2n) is 7.82. The van der Waals surface area contributed by atoms with Crippen LogP contribution in [0.2, 0.25) is 0 Å². The van der Waals surface area contributed by atoms with Crippen molar-refractivity contribution in [2.75, 3.05) is 24.4 Å². The first-order chi connectivity index (χ1) is 17.5. The zero-order valence-corrected chi connectivity index (χ0v) is 22.8. The Bertz CT molecular complexity index is 1270. The zero-order valence-electron chi connectivity index (χ0n) is 20.4. The van der Waals surface area contributed by atoms with E-state index in [0.717, 1.165) is 5.56 Å². The van der Waals surface area contributed by atoms with E-state index in [1.165, 1.54) is 11.8 Å². The van der Waals surface area contributed by atoms with Crippen LogP contribution in [0.15, 0.2) is 58.7 Å². The van der Waals surface area contributed by atoms with Crippen LogP contribution in [0.5, 0.6) is 17.4 Å². The number of carbonyl (C=O) groups is 1. The molecule has 4 rings (SSSR count). The number of hydrogen-bond donors (Lipinski definition) is 0. The predicted octanol–water partition coefficient (Wildman–Crippen LogP) is 6.21. The third-order valence-corrected chi connectivity index (χ3v) is 6.52. The zero-order chi connectivity index (χ0) is 25.7. The van der Waals surface area contributed by atoms with Gasteiger partial charge in [-0.25, -0.2) is 0 Å². The number of para-hydroxylation sites is 1. The van der Waals surface area contributed by atoms with Crippen molar-refractivity contribution in [3.8, 4) is 28.6 Å². The van der Waals surface area contributed by atoms with Gasteiger partial charge in [-0.2, -0.15) is 4.98 Å². The molecule has 0 bridgehead atoms. The number of amides is 1. The smallest absolute Gasteiger partial charge is 0.247 e. The molecular formula is C26H27BrN4O4S. The van der Waals surface area contributed by atoms with E-state index in [4.69, 9.17) is 14.2 Å². The Hall–Kier alpha value is -3.11. The molecule has 3 aromatic rings. The van der Waals surface area contributed by atoms with E-state index in [2.05, 4.69) is 37.7 Å². The van der Waals surface area contributed by atoms with Crippen molar-refractivity contribution in [1.29, 1.82) is 0 Å². The average molecular weight is 571 g/mol. The molecule has 0 aliphatic carbocycles. The molecule has 1 atom stereocenters. The number of thioether (sulfide) groups is 1. The largest absolute Gasteiger partial charge is 0.490 e. The van der Waals surface area contributed by atoms with Gasteiger partial charge in [0, 0.05) is 17.5 Å². The van der Waals surface area contributed by atoms with Gasteiger partial charge in [0.25, 0.3) is 0 Å². The highest BCUT2D eigenvalue weighted by molar-refractivity contribution is 9.10. The first-order valence-electron chi connectivity index (χ1n) is 11.6. The minimum Gasteiger partial charge on any atom is -0.490 e. The molecule has 1 aliphatic heterocycles. The number of anilines is 1. The van der Waals surface area contributed by atoms with Crippen molar-refractivity contribution >= 4 is 39.3 Å². The Morgan fingerprint density at radius 3 is 2.78 bits per heavy atom. The SMILES string of the molecule is C=CCOc1c(Br)cc([C@@H]2Oc3nc(SC)nnc3-c3ccccc3N2C(=O)CCC)cc1OCC. The lowest BCUT2D eigenvalue weighted by Gasteiger charge is -2.31. The molecule has 0 spiro atoms. The van der Waals surface area contributed by atoms with Crippen molar-refractivity contribution in [1.82, 2.24) is 15.2 Å². The summed E-state index contributed by atoms with van der Waals surface area (Å²) in [6.45, 7) is 8.35. The minimum atomic E-state index is -0.832. The monoisotopic (exact) mass is 570 g/mol. The van der Waals surface area contributed by atoms with Crippen LogP contribution in [0.25, 0.3) is 11.3 Å². The average Bonchev–Trinajstić information content (AvgIpc) is 3.02.